The smallest absolute Gasteiger partial charge is 0.307 e. The highest BCUT2D eigenvalue weighted by Gasteiger charge is 2.29. The van der Waals surface area contributed by atoms with Crippen molar-refractivity contribution in [3.63, 3.8) is 0 Å². The highest BCUT2D eigenvalue weighted by molar-refractivity contribution is 5.70. The average molecular weight is 271 g/mol. The minimum Gasteiger partial charge on any atom is -0.481 e. The van der Waals surface area contributed by atoms with E-state index in [1.54, 1.807) is 6.20 Å². The molecule has 0 spiro atoms. The summed E-state index contributed by atoms with van der Waals surface area (Å²) in [4.78, 5) is 11.0. The van der Waals surface area contributed by atoms with Gasteiger partial charge in [0.1, 0.15) is 0 Å². The Morgan fingerprint density at radius 3 is 2.65 bits per heavy atom. The number of hydrogen-bond donors (Lipinski definition) is 2. The zero-order valence-corrected chi connectivity index (χ0v) is 11.3. The van der Waals surface area contributed by atoms with Gasteiger partial charge in [-0.15, -0.1) is 0 Å². The van der Waals surface area contributed by atoms with Gasteiger partial charge in [-0.2, -0.15) is 5.10 Å². The monoisotopic (exact) mass is 271 g/mol. The number of hydrogen-bond acceptors (Lipinski definition) is 3. The van der Waals surface area contributed by atoms with Gasteiger partial charge in [0.2, 0.25) is 0 Å². The molecule has 0 amide bonds. The lowest BCUT2D eigenvalue weighted by Crippen LogP contribution is -2.17. The van der Waals surface area contributed by atoms with Crippen LogP contribution >= 0.6 is 0 Å². The van der Waals surface area contributed by atoms with Crippen LogP contribution in [0.3, 0.4) is 0 Å². The molecule has 3 rings (SSSR count). The van der Waals surface area contributed by atoms with Crippen LogP contribution < -0.4 is 5.32 Å². The fourth-order valence-electron chi connectivity index (χ4n) is 2.67. The number of rotatable bonds is 3. The van der Waals surface area contributed by atoms with Crippen LogP contribution in [0.4, 0.5) is 0 Å². The Labute approximate surface area is 117 Å². The fourth-order valence-corrected chi connectivity index (χ4v) is 2.67. The van der Waals surface area contributed by atoms with Crippen molar-refractivity contribution in [2.24, 2.45) is 5.92 Å². The van der Waals surface area contributed by atoms with Crippen LogP contribution in [-0.4, -0.2) is 27.4 Å². The lowest BCUT2D eigenvalue weighted by Gasteiger charge is -2.12. The van der Waals surface area contributed by atoms with Crippen molar-refractivity contribution >= 4 is 5.97 Å². The van der Waals surface area contributed by atoms with E-state index in [1.165, 1.54) is 0 Å². The van der Waals surface area contributed by atoms with E-state index in [4.69, 9.17) is 5.11 Å². The van der Waals surface area contributed by atoms with Crippen molar-refractivity contribution < 1.29 is 9.90 Å². The fraction of sp³-hybridized carbons (Fsp3) is 0.333. The second kappa shape index (κ2) is 5.09. The number of nitrogens with zero attached hydrogens (tertiary/aromatic N) is 2. The molecule has 1 aliphatic rings. The molecule has 104 valence electrons. The Kier molecular flexibility index (Phi) is 3.28. The molecular weight excluding hydrogens is 254 g/mol. The Balaban J connectivity index is 1.77. The van der Waals surface area contributed by atoms with Crippen molar-refractivity contribution in [2.75, 3.05) is 6.54 Å². The van der Waals surface area contributed by atoms with Gasteiger partial charge < -0.3 is 10.4 Å². The van der Waals surface area contributed by atoms with Crippen molar-refractivity contribution in [3.8, 4) is 5.69 Å². The van der Waals surface area contributed by atoms with E-state index in [-0.39, 0.29) is 12.0 Å². The SMILES string of the molecule is Cc1ccnn1-c1ccc(C2CC(C(=O)O)CN2)cc1. The molecule has 5 heteroatoms. The Morgan fingerprint density at radius 1 is 1.35 bits per heavy atom. The quantitative estimate of drug-likeness (QED) is 0.895. The van der Waals surface area contributed by atoms with Gasteiger partial charge in [0.25, 0.3) is 0 Å². The van der Waals surface area contributed by atoms with Crippen LogP contribution in [0.1, 0.15) is 23.7 Å². The van der Waals surface area contributed by atoms with Crippen molar-refractivity contribution in [1.29, 1.82) is 0 Å². The Hall–Kier alpha value is -2.14. The minimum atomic E-state index is -0.719. The molecule has 1 saturated heterocycles. The highest BCUT2D eigenvalue weighted by atomic mass is 16.4. The summed E-state index contributed by atoms with van der Waals surface area (Å²) < 4.78 is 1.88. The summed E-state index contributed by atoms with van der Waals surface area (Å²) in [7, 11) is 0. The number of carboxylic acids is 1. The molecule has 2 unspecified atom stereocenters. The Morgan fingerprint density at radius 2 is 2.10 bits per heavy atom. The third-order valence-electron chi connectivity index (χ3n) is 3.85. The molecule has 1 aliphatic heterocycles. The molecule has 2 aromatic rings. The number of carbonyl (C=O) groups is 1. The maximum Gasteiger partial charge on any atom is 0.307 e. The largest absolute Gasteiger partial charge is 0.481 e. The predicted octanol–water partition coefficient (Wildman–Crippen LogP) is 1.92. The molecule has 5 nitrogen and oxygen atoms in total. The summed E-state index contributed by atoms with van der Waals surface area (Å²) in [6.45, 7) is 2.55. The van der Waals surface area contributed by atoms with Gasteiger partial charge >= 0.3 is 5.97 Å². The predicted molar refractivity (Wildman–Crippen MR) is 74.8 cm³/mol. The van der Waals surface area contributed by atoms with Gasteiger partial charge in [0.05, 0.1) is 11.6 Å². The van der Waals surface area contributed by atoms with Gasteiger partial charge in [-0.3, -0.25) is 4.79 Å². The zero-order valence-electron chi connectivity index (χ0n) is 11.3. The maximum absolute atomic E-state index is 11.0. The lowest BCUT2D eigenvalue weighted by atomic mass is 10.00. The third-order valence-corrected chi connectivity index (χ3v) is 3.85. The molecule has 1 fully saturated rings. The minimum absolute atomic E-state index is 0.129. The third kappa shape index (κ3) is 2.32. The van der Waals surface area contributed by atoms with E-state index in [0.29, 0.717) is 13.0 Å². The lowest BCUT2D eigenvalue weighted by molar-refractivity contribution is -0.141. The van der Waals surface area contributed by atoms with E-state index in [2.05, 4.69) is 10.4 Å². The number of aromatic nitrogens is 2. The van der Waals surface area contributed by atoms with Crippen molar-refractivity contribution in [1.82, 2.24) is 15.1 Å². The molecule has 0 radical (unpaired) electrons. The van der Waals surface area contributed by atoms with E-state index in [9.17, 15) is 4.79 Å². The number of carboxylic acid groups (broad SMARTS) is 1. The van der Waals surface area contributed by atoms with E-state index in [0.717, 1.165) is 16.9 Å². The number of aryl methyl sites for hydroxylation is 1. The molecular formula is C15H17N3O2. The van der Waals surface area contributed by atoms with Crippen LogP contribution in [0, 0.1) is 12.8 Å². The highest BCUT2D eigenvalue weighted by Crippen LogP contribution is 2.27. The van der Waals surface area contributed by atoms with Gasteiger partial charge in [-0.1, -0.05) is 12.1 Å². The van der Waals surface area contributed by atoms with Crippen molar-refractivity contribution in [2.45, 2.75) is 19.4 Å². The first-order chi connectivity index (χ1) is 9.65. The van der Waals surface area contributed by atoms with Gasteiger partial charge in [-0.05, 0) is 37.1 Å². The summed E-state index contributed by atoms with van der Waals surface area (Å²) in [5.41, 5.74) is 3.23. The molecule has 1 aromatic carbocycles. The second-order valence-electron chi connectivity index (χ2n) is 5.21. The first-order valence-electron chi connectivity index (χ1n) is 6.72. The first-order valence-corrected chi connectivity index (χ1v) is 6.72. The van der Waals surface area contributed by atoms with E-state index < -0.39 is 5.97 Å². The summed E-state index contributed by atoms with van der Waals surface area (Å²) in [6.07, 6.45) is 2.43. The summed E-state index contributed by atoms with van der Waals surface area (Å²) in [6, 6.07) is 10.2. The van der Waals surface area contributed by atoms with Gasteiger partial charge in [-0.25, -0.2) is 4.68 Å². The topological polar surface area (TPSA) is 67.2 Å². The summed E-state index contributed by atoms with van der Waals surface area (Å²) in [5.74, 6) is -1.00. The number of benzene rings is 1. The van der Waals surface area contributed by atoms with Gasteiger partial charge in [0, 0.05) is 24.5 Å². The number of aliphatic carboxylic acids is 1. The summed E-state index contributed by atoms with van der Waals surface area (Å²) in [5, 5.41) is 16.6. The second-order valence-corrected chi connectivity index (χ2v) is 5.21. The van der Waals surface area contributed by atoms with Crippen LogP contribution in [0.15, 0.2) is 36.5 Å². The molecule has 1 aromatic heterocycles. The number of nitrogens with one attached hydrogen (secondary N) is 1. The first kappa shape index (κ1) is 12.9. The van der Waals surface area contributed by atoms with Crippen LogP contribution in [0.2, 0.25) is 0 Å². The van der Waals surface area contributed by atoms with Crippen LogP contribution in [0.25, 0.3) is 5.69 Å². The van der Waals surface area contributed by atoms with E-state index >= 15 is 0 Å². The van der Waals surface area contributed by atoms with E-state index in [1.807, 2.05) is 41.9 Å². The van der Waals surface area contributed by atoms with Crippen molar-refractivity contribution in [3.05, 3.63) is 47.8 Å². The zero-order chi connectivity index (χ0) is 14.1. The molecule has 0 aliphatic carbocycles. The van der Waals surface area contributed by atoms with Gasteiger partial charge in [0.15, 0.2) is 0 Å². The average Bonchev–Trinajstić information content (AvgIpc) is 3.07. The van der Waals surface area contributed by atoms with Crippen LogP contribution in [-0.2, 0) is 4.79 Å². The normalized spacial score (nSPS) is 22.1. The molecule has 2 atom stereocenters. The molecule has 2 heterocycles. The molecule has 0 bridgehead atoms. The standard InChI is InChI=1S/C15H17N3O2/c1-10-6-7-17-18(10)13-4-2-11(3-5-13)14-8-12(9-16-14)15(19)20/h2-7,12,14,16H,8-9H2,1H3,(H,19,20). The molecule has 0 saturated carbocycles. The maximum atomic E-state index is 11.0. The molecule has 2 N–H and O–H groups in total. The Bertz CT molecular complexity index is 618. The van der Waals surface area contributed by atoms with Crippen LogP contribution in [0.5, 0.6) is 0 Å². The summed E-state index contributed by atoms with van der Waals surface area (Å²) >= 11 is 0. The molecule has 20 heavy (non-hydrogen) atoms.